The molecule has 1 rings (SSSR count). The van der Waals surface area contributed by atoms with Crippen molar-refractivity contribution in [1.29, 1.82) is 0 Å². The summed E-state index contributed by atoms with van der Waals surface area (Å²) in [5, 5.41) is 0. The van der Waals surface area contributed by atoms with E-state index in [0.29, 0.717) is 17.8 Å². The second-order valence-corrected chi connectivity index (χ2v) is 6.74. The molecular weight excluding hydrogens is 206 g/mol. The molecule has 1 heteroatoms. The van der Waals surface area contributed by atoms with Crippen LogP contribution in [0.15, 0.2) is 18.3 Å². The highest BCUT2D eigenvalue weighted by Crippen LogP contribution is 2.31. The zero-order valence-electron chi connectivity index (χ0n) is 12.4. The molecule has 17 heavy (non-hydrogen) atoms. The molecule has 0 radical (unpaired) electrons. The molecule has 0 aromatic carbocycles. The molecule has 1 heterocycles. The van der Waals surface area contributed by atoms with Crippen LogP contribution < -0.4 is 0 Å². The van der Waals surface area contributed by atoms with Crippen LogP contribution in [-0.4, -0.2) is 4.98 Å². The van der Waals surface area contributed by atoms with Gasteiger partial charge in [0.05, 0.1) is 0 Å². The van der Waals surface area contributed by atoms with E-state index in [-0.39, 0.29) is 5.41 Å². The van der Waals surface area contributed by atoms with E-state index in [1.807, 2.05) is 6.20 Å². The maximum Gasteiger partial charge on any atom is 0.0439 e. The molecule has 0 amide bonds. The maximum absolute atomic E-state index is 4.69. The average molecular weight is 233 g/mol. The van der Waals surface area contributed by atoms with Gasteiger partial charge in [0.1, 0.15) is 0 Å². The topological polar surface area (TPSA) is 12.9 Å². The lowest BCUT2D eigenvalue weighted by atomic mass is 9.82. The predicted octanol–water partition coefficient (Wildman–Crippen LogP) is 4.77. The van der Waals surface area contributed by atoms with Crippen molar-refractivity contribution in [3.63, 3.8) is 0 Å². The lowest BCUT2D eigenvalue weighted by Gasteiger charge is -2.25. The van der Waals surface area contributed by atoms with Crippen molar-refractivity contribution in [3.8, 4) is 0 Å². The zero-order chi connectivity index (χ0) is 13.2. The molecule has 0 unspecified atom stereocenters. The number of hydrogen-bond donors (Lipinski definition) is 0. The second kappa shape index (κ2) is 5.20. The van der Waals surface area contributed by atoms with Gasteiger partial charge < -0.3 is 0 Å². The molecule has 1 aromatic heterocycles. The van der Waals surface area contributed by atoms with Crippen molar-refractivity contribution in [1.82, 2.24) is 4.98 Å². The summed E-state index contributed by atoms with van der Waals surface area (Å²) in [6, 6.07) is 4.45. The van der Waals surface area contributed by atoms with E-state index in [1.165, 1.54) is 11.3 Å². The SMILES string of the molecule is CC(C)C(c1ccc(C(C)(C)C)cn1)C(C)C. The molecule has 1 nitrogen and oxygen atoms in total. The Hall–Kier alpha value is -0.850. The fourth-order valence-electron chi connectivity index (χ4n) is 2.50. The van der Waals surface area contributed by atoms with Gasteiger partial charge in [-0.15, -0.1) is 0 Å². The van der Waals surface area contributed by atoms with Crippen LogP contribution >= 0.6 is 0 Å². The third kappa shape index (κ3) is 3.55. The highest BCUT2D eigenvalue weighted by atomic mass is 14.7. The van der Waals surface area contributed by atoms with Crippen molar-refractivity contribution in [3.05, 3.63) is 29.6 Å². The van der Waals surface area contributed by atoms with Gasteiger partial charge in [-0.25, -0.2) is 0 Å². The number of pyridine rings is 1. The number of aromatic nitrogens is 1. The van der Waals surface area contributed by atoms with Gasteiger partial charge in [-0.3, -0.25) is 4.98 Å². The molecule has 0 aliphatic carbocycles. The molecule has 1 aromatic rings. The molecule has 0 aliphatic rings. The Morgan fingerprint density at radius 1 is 0.941 bits per heavy atom. The summed E-state index contributed by atoms with van der Waals surface area (Å²) in [4.78, 5) is 4.69. The smallest absolute Gasteiger partial charge is 0.0439 e. The zero-order valence-corrected chi connectivity index (χ0v) is 12.4. The van der Waals surface area contributed by atoms with Crippen molar-refractivity contribution >= 4 is 0 Å². The standard InChI is InChI=1S/C16H27N/c1-11(2)15(12(3)4)14-9-8-13(10-17-14)16(5,6)7/h8-12,15H,1-7H3. The summed E-state index contributed by atoms with van der Waals surface area (Å²) in [5.74, 6) is 1.84. The number of hydrogen-bond acceptors (Lipinski definition) is 1. The van der Waals surface area contributed by atoms with Gasteiger partial charge >= 0.3 is 0 Å². The lowest BCUT2D eigenvalue weighted by molar-refractivity contribution is 0.379. The lowest BCUT2D eigenvalue weighted by Crippen LogP contribution is -2.16. The first-order valence-corrected chi connectivity index (χ1v) is 6.70. The first kappa shape index (κ1) is 14.2. The molecule has 0 N–H and O–H groups in total. The van der Waals surface area contributed by atoms with Crippen LogP contribution in [-0.2, 0) is 5.41 Å². The Bertz CT molecular complexity index is 333. The third-order valence-corrected chi connectivity index (χ3v) is 3.43. The summed E-state index contributed by atoms with van der Waals surface area (Å²) in [6.07, 6.45) is 2.05. The highest BCUT2D eigenvalue weighted by Gasteiger charge is 2.21. The summed E-state index contributed by atoms with van der Waals surface area (Å²) < 4.78 is 0. The average Bonchev–Trinajstić information content (AvgIpc) is 2.15. The van der Waals surface area contributed by atoms with Gasteiger partial charge in [-0.2, -0.15) is 0 Å². The monoisotopic (exact) mass is 233 g/mol. The minimum Gasteiger partial charge on any atom is -0.261 e. The Kier molecular flexibility index (Phi) is 4.35. The second-order valence-electron chi connectivity index (χ2n) is 6.74. The summed E-state index contributed by atoms with van der Waals surface area (Å²) in [6.45, 7) is 15.8. The normalized spacial score (nSPS) is 12.8. The Morgan fingerprint density at radius 2 is 1.47 bits per heavy atom. The number of rotatable bonds is 3. The largest absolute Gasteiger partial charge is 0.261 e. The van der Waals surface area contributed by atoms with E-state index in [9.17, 15) is 0 Å². The van der Waals surface area contributed by atoms with Crippen LogP contribution in [0.25, 0.3) is 0 Å². The van der Waals surface area contributed by atoms with Gasteiger partial charge in [0.2, 0.25) is 0 Å². The van der Waals surface area contributed by atoms with Crippen molar-refractivity contribution < 1.29 is 0 Å². The Labute approximate surface area is 107 Å². The van der Waals surface area contributed by atoms with E-state index in [4.69, 9.17) is 0 Å². The Morgan fingerprint density at radius 3 is 1.76 bits per heavy atom. The minimum absolute atomic E-state index is 0.191. The third-order valence-electron chi connectivity index (χ3n) is 3.43. The molecular formula is C16H27N. The fourth-order valence-corrected chi connectivity index (χ4v) is 2.50. The molecule has 96 valence electrons. The van der Waals surface area contributed by atoms with Crippen molar-refractivity contribution in [2.45, 2.75) is 59.8 Å². The van der Waals surface area contributed by atoms with E-state index in [0.717, 1.165) is 0 Å². The highest BCUT2D eigenvalue weighted by molar-refractivity contribution is 5.23. The molecule has 0 atom stereocenters. The molecule has 0 bridgehead atoms. The molecule has 0 saturated carbocycles. The van der Waals surface area contributed by atoms with Crippen LogP contribution in [0.3, 0.4) is 0 Å². The summed E-state index contributed by atoms with van der Waals surface area (Å²) in [5.41, 5.74) is 2.74. The minimum atomic E-state index is 0.191. The molecule has 0 aliphatic heterocycles. The van der Waals surface area contributed by atoms with Crippen LogP contribution in [0.4, 0.5) is 0 Å². The van der Waals surface area contributed by atoms with Crippen LogP contribution in [0.5, 0.6) is 0 Å². The van der Waals surface area contributed by atoms with Crippen LogP contribution in [0.1, 0.15) is 65.6 Å². The van der Waals surface area contributed by atoms with Crippen molar-refractivity contribution in [2.24, 2.45) is 11.8 Å². The van der Waals surface area contributed by atoms with E-state index in [1.54, 1.807) is 0 Å². The first-order valence-electron chi connectivity index (χ1n) is 6.70. The quantitative estimate of drug-likeness (QED) is 0.732. The Balaban J connectivity index is 3.01. The first-order chi connectivity index (χ1) is 7.73. The maximum atomic E-state index is 4.69. The van der Waals surface area contributed by atoms with Crippen LogP contribution in [0.2, 0.25) is 0 Å². The summed E-state index contributed by atoms with van der Waals surface area (Å²) in [7, 11) is 0. The van der Waals surface area contributed by atoms with Crippen LogP contribution in [0, 0.1) is 11.8 Å². The van der Waals surface area contributed by atoms with E-state index >= 15 is 0 Å². The van der Waals surface area contributed by atoms with Gasteiger partial charge in [-0.1, -0.05) is 54.5 Å². The predicted molar refractivity (Wildman–Crippen MR) is 75.4 cm³/mol. The van der Waals surface area contributed by atoms with E-state index < -0.39 is 0 Å². The molecule has 0 saturated heterocycles. The van der Waals surface area contributed by atoms with E-state index in [2.05, 4.69) is 65.6 Å². The van der Waals surface area contributed by atoms with Gasteiger partial charge in [0.15, 0.2) is 0 Å². The van der Waals surface area contributed by atoms with Gasteiger partial charge in [0, 0.05) is 17.8 Å². The number of nitrogens with zero attached hydrogens (tertiary/aromatic N) is 1. The van der Waals surface area contributed by atoms with Crippen molar-refractivity contribution in [2.75, 3.05) is 0 Å². The molecule has 0 spiro atoms. The summed E-state index contributed by atoms with van der Waals surface area (Å²) >= 11 is 0. The fraction of sp³-hybridized carbons (Fsp3) is 0.688. The van der Waals surface area contributed by atoms with Gasteiger partial charge in [0.25, 0.3) is 0 Å². The van der Waals surface area contributed by atoms with Gasteiger partial charge in [-0.05, 0) is 28.9 Å². The molecule has 0 fully saturated rings.